The molecule has 5 heteroatoms. The Hall–Kier alpha value is -2.82. The van der Waals surface area contributed by atoms with Crippen LogP contribution in [0.15, 0.2) is 36.4 Å². The van der Waals surface area contributed by atoms with Gasteiger partial charge in [-0.1, -0.05) is 12.1 Å². The third-order valence-corrected chi connectivity index (χ3v) is 3.88. The van der Waals surface area contributed by atoms with Gasteiger partial charge < -0.3 is 14.6 Å². The monoisotopic (exact) mass is 312 g/mol. The largest absolute Gasteiger partial charge is 0.508 e. The second kappa shape index (κ2) is 5.76. The number of esters is 1. The van der Waals surface area contributed by atoms with Crippen molar-refractivity contribution < 1.29 is 24.2 Å². The molecule has 1 aliphatic rings. The number of phenolic OH excluding ortho intramolecular Hbond substituents is 1. The molecule has 23 heavy (non-hydrogen) atoms. The third-order valence-electron chi connectivity index (χ3n) is 3.88. The van der Waals surface area contributed by atoms with Gasteiger partial charge in [-0.25, -0.2) is 0 Å². The van der Waals surface area contributed by atoms with Crippen LogP contribution < -0.4 is 9.47 Å². The number of ketones is 1. The van der Waals surface area contributed by atoms with E-state index < -0.39 is 11.9 Å². The maximum atomic E-state index is 12.7. The molecule has 1 unspecified atom stereocenters. The number of Topliss-reactive ketones (excluding diaryl/α,β-unsaturated/α-hetero) is 1. The number of aromatic hydroxyl groups is 1. The zero-order valence-electron chi connectivity index (χ0n) is 12.8. The Morgan fingerprint density at radius 2 is 1.91 bits per heavy atom. The van der Waals surface area contributed by atoms with Crippen LogP contribution in [0.1, 0.15) is 34.3 Å². The second-order valence-electron chi connectivity index (χ2n) is 5.48. The predicted octanol–water partition coefficient (Wildman–Crippen LogP) is 2.98. The minimum Gasteiger partial charge on any atom is -0.508 e. The first-order chi connectivity index (χ1) is 11.0. The topological polar surface area (TPSA) is 72.8 Å². The van der Waals surface area contributed by atoms with E-state index in [2.05, 4.69) is 0 Å². The number of fused-ring (bicyclic) bond motifs is 1. The molecule has 0 amide bonds. The summed E-state index contributed by atoms with van der Waals surface area (Å²) in [5.41, 5.74) is 1.90. The number of hydrogen-bond acceptors (Lipinski definition) is 5. The van der Waals surface area contributed by atoms with Crippen molar-refractivity contribution >= 4 is 11.8 Å². The molecule has 0 spiro atoms. The van der Waals surface area contributed by atoms with Gasteiger partial charge in [0.2, 0.25) is 0 Å². The fourth-order valence-electron chi connectivity index (χ4n) is 2.70. The molecular weight excluding hydrogens is 296 g/mol. The lowest BCUT2D eigenvalue weighted by atomic mass is 9.88. The van der Waals surface area contributed by atoms with Gasteiger partial charge >= 0.3 is 5.97 Å². The van der Waals surface area contributed by atoms with Gasteiger partial charge in [0.25, 0.3) is 0 Å². The minimum absolute atomic E-state index is 0.0468. The zero-order valence-corrected chi connectivity index (χ0v) is 12.8. The highest BCUT2D eigenvalue weighted by Gasteiger charge is 2.32. The van der Waals surface area contributed by atoms with Crippen LogP contribution in [0.5, 0.6) is 17.2 Å². The summed E-state index contributed by atoms with van der Waals surface area (Å²) in [4.78, 5) is 23.8. The predicted molar refractivity (Wildman–Crippen MR) is 83.2 cm³/mol. The van der Waals surface area contributed by atoms with Gasteiger partial charge in [-0.2, -0.15) is 0 Å². The van der Waals surface area contributed by atoms with E-state index in [9.17, 15) is 14.7 Å². The second-order valence-corrected chi connectivity index (χ2v) is 5.48. The SMILES string of the molecule is CC(=O)Oc1ccc2c(c1C)OCC(c1ccc(O)cc1)C2=O. The van der Waals surface area contributed by atoms with Gasteiger partial charge in [-0.15, -0.1) is 0 Å². The van der Waals surface area contributed by atoms with Crippen LogP contribution in [-0.4, -0.2) is 23.5 Å². The minimum atomic E-state index is -0.419. The Labute approximate surface area is 133 Å². The maximum absolute atomic E-state index is 12.7. The van der Waals surface area contributed by atoms with Crippen LogP contribution in [0.4, 0.5) is 0 Å². The lowest BCUT2D eigenvalue weighted by molar-refractivity contribution is -0.131. The van der Waals surface area contributed by atoms with E-state index in [4.69, 9.17) is 9.47 Å². The third kappa shape index (κ3) is 2.77. The summed E-state index contributed by atoms with van der Waals surface area (Å²) in [5, 5.41) is 9.36. The van der Waals surface area contributed by atoms with E-state index >= 15 is 0 Å². The molecule has 0 saturated heterocycles. The first-order valence-corrected chi connectivity index (χ1v) is 7.25. The smallest absolute Gasteiger partial charge is 0.308 e. The van der Waals surface area contributed by atoms with Crippen molar-refractivity contribution in [2.75, 3.05) is 6.61 Å². The van der Waals surface area contributed by atoms with Crippen LogP contribution in [-0.2, 0) is 4.79 Å². The molecule has 2 aromatic rings. The van der Waals surface area contributed by atoms with E-state index in [-0.39, 0.29) is 18.1 Å². The van der Waals surface area contributed by atoms with Crippen LogP contribution in [0.25, 0.3) is 0 Å². The van der Waals surface area contributed by atoms with Gasteiger partial charge in [-0.3, -0.25) is 9.59 Å². The molecule has 0 aromatic heterocycles. The fraction of sp³-hybridized carbons (Fsp3) is 0.222. The summed E-state index contributed by atoms with van der Waals surface area (Å²) >= 11 is 0. The number of hydrogen-bond donors (Lipinski definition) is 1. The Kier molecular flexibility index (Phi) is 3.78. The molecule has 1 atom stereocenters. The van der Waals surface area contributed by atoms with Crippen LogP contribution in [0.2, 0.25) is 0 Å². The molecule has 1 N–H and O–H groups in total. The number of rotatable bonds is 2. The standard InChI is InChI=1S/C18H16O5/c1-10-16(23-11(2)19)8-7-14-17(21)15(9-22-18(10)14)12-3-5-13(20)6-4-12/h3-8,15,20H,9H2,1-2H3. The molecule has 0 radical (unpaired) electrons. The lowest BCUT2D eigenvalue weighted by Gasteiger charge is -2.26. The summed E-state index contributed by atoms with van der Waals surface area (Å²) in [6.45, 7) is 3.29. The molecule has 1 aliphatic heterocycles. The van der Waals surface area contributed by atoms with Crippen molar-refractivity contribution in [1.82, 2.24) is 0 Å². The van der Waals surface area contributed by atoms with Crippen molar-refractivity contribution in [1.29, 1.82) is 0 Å². The van der Waals surface area contributed by atoms with Crippen molar-refractivity contribution in [2.45, 2.75) is 19.8 Å². The number of carbonyl (C=O) groups excluding carboxylic acids is 2. The number of phenols is 1. The summed E-state index contributed by atoms with van der Waals surface area (Å²) in [5.74, 6) is 0.129. The van der Waals surface area contributed by atoms with Crippen molar-refractivity contribution in [3.8, 4) is 17.2 Å². The van der Waals surface area contributed by atoms with Crippen LogP contribution >= 0.6 is 0 Å². The van der Waals surface area contributed by atoms with E-state index in [0.29, 0.717) is 22.6 Å². The molecule has 3 rings (SSSR count). The Morgan fingerprint density at radius 3 is 2.57 bits per heavy atom. The fourth-order valence-corrected chi connectivity index (χ4v) is 2.70. The summed E-state index contributed by atoms with van der Waals surface area (Å²) in [6.07, 6.45) is 0. The lowest BCUT2D eigenvalue weighted by Crippen LogP contribution is -2.26. The number of benzene rings is 2. The molecule has 1 heterocycles. The van der Waals surface area contributed by atoms with Gasteiger partial charge in [0.15, 0.2) is 5.78 Å². The van der Waals surface area contributed by atoms with Gasteiger partial charge in [-0.05, 0) is 36.8 Å². The average molecular weight is 312 g/mol. The van der Waals surface area contributed by atoms with Gasteiger partial charge in [0.1, 0.15) is 23.9 Å². The summed E-state index contributed by atoms with van der Waals surface area (Å²) in [6, 6.07) is 9.75. The van der Waals surface area contributed by atoms with Crippen molar-refractivity contribution in [2.24, 2.45) is 0 Å². The van der Waals surface area contributed by atoms with E-state index in [0.717, 1.165) is 5.56 Å². The van der Waals surface area contributed by atoms with Crippen molar-refractivity contribution in [3.05, 3.63) is 53.1 Å². The molecular formula is C18H16O5. The molecule has 118 valence electrons. The molecule has 0 saturated carbocycles. The maximum Gasteiger partial charge on any atom is 0.308 e. The molecule has 0 bridgehead atoms. The number of ether oxygens (including phenoxy) is 2. The van der Waals surface area contributed by atoms with E-state index in [1.165, 1.54) is 6.92 Å². The van der Waals surface area contributed by atoms with Crippen LogP contribution in [0.3, 0.4) is 0 Å². The average Bonchev–Trinajstić information content (AvgIpc) is 2.51. The highest BCUT2D eigenvalue weighted by molar-refractivity contribution is 6.04. The quantitative estimate of drug-likeness (QED) is 0.682. The molecule has 0 fully saturated rings. The highest BCUT2D eigenvalue weighted by atomic mass is 16.5. The normalized spacial score (nSPS) is 16.4. The molecule has 5 nitrogen and oxygen atoms in total. The van der Waals surface area contributed by atoms with Gasteiger partial charge in [0.05, 0.1) is 11.5 Å². The highest BCUT2D eigenvalue weighted by Crippen LogP contribution is 2.38. The van der Waals surface area contributed by atoms with Gasteiger partial charge in [0, 0.05) is 12.5 Å². The molecule has 2 aromatic carbocycles. The van der Waals surface area contributed by atoms with Crippen LogP contribution in [0, 0.1) is 6.92 Å². The van der Waals surface area contributed by atoms with E-state index in [1.807, 2.05) is 0 Å². The summed E-state index contributed by atoms with van der Waals surface area (Å²) in [7, 11) is 0. The zero-order chi connectivity index (χ0) is 16.6. The summed E-state index contributed by atoms with van der Waals surface area (Å²) < 4.78 is 10.9. The molecule has 0 aliphatic carbocycles. The Balaban J connectivity index is 1.96. The Morgan fingerprint density at radius 1 is 1.22 bits per heavy atom. The van der Waals surface area contributed by atoms with E-state index in [1.54, 1.807) is 43.3 Å². The number of carbonyl (C=O) groups is 2. The van der Waals surface area contributed by atoms with Crippen molar-refractivity contribution in [3.63, 3.8) is 0 Å². The Bertz CT molecular complexity index is 777. The first kappa shape index (κ1) is 15.1. The first-order valence-electron chi connectivity index (χ1n) is 7.25.